The molecule has 0 bridgehead atoms. The van der Waals surface area contributed by atoms with E-state index in [-0.39, 0.29) is 29.4 Å². The van der Waals surface area contributed by atoms with Gasteiger partial charge < -0.3 is 15.5 Å². The maximum Gasteiger partial charge on any atom is 0.296 e. The summed E-state index contributed by atoms with van der Waals surface area (Å²) in [6, 6.07) is 2.43. The third kappa shape index (κ3) is 1.83. The minimum Gasteiger partial charge on any atom is -0.358 e. The van der Waals surface area contributed by atoms with Crippen LogP contribution in [-0.4, -0.2) is 37.2 Å². The van der Waals surface area contributed by atoms with Gasteiger partial charge in [-0.2, -0.15) is 0 Å². The van der Waals surface area contributed by atoms with Crippen LogP contribution in [0.15, 0.2) is 12.1 Å². The van der Waals surface area contributed by atoms with Crippen molar-refractivity contribution in [2.75, 3.05) is 29.9 Å². The Kier molecular flexibility index (Phi) is 2.48. The predicted octanol–water partition coefficient (Wildman–Crippen LogP) is -0.103. The number of fused-ring (bicyclic) bond motifs is 1. The SMILES string of the molecule is O=C1CN(c2cc3c(cc2F)C(=O)C(=O)N3)CCN1. The lowest BCUT2D eigenvalue weighted by Gasteiger charge is -2.29. The number of rotatable bonds is 1. The van der Waals surface area contributed by atoms with Crippen LogP contribution in [0.25, 0.3) is 0 Å². The predicted molar refractivity (Wildman–Crippen MR) is 64.6 cm³/mol. The summed E-state index contributed by atoms with van der Waals surface area (Å²) >= 11 is 0. The van der Waals surface area contributed by atoms with Crippen molar-refractivity contribution in [1.29, 1.82) is 0 Å². The number of hydrogen-bond acceptors (Lipinski definition) is 4. The average Bonchev–Trinajstić information content (AvgIpc) is 2.65. The van der Waals surface area contributed by atoms with Crippen LogP contribution in [0.4, 0.5) is 15.8 Å². The standard InChI is InChI=1S/C12H10FN3O3/c13-7-3-6-8(15-12(19)11(6)18)4-9(7)16-2-1-14-10(17)5-16/h3-4H,1-2,5H2,(H,14,17)(H,15,18,19). The van der Waals surface area contributed by atoms with Gasteiger partial charge in [0.1, 0.15) is 5.82 Å². The van der Waals surface area contributed by atoms with E-state index in [0.29, 0.717) is 13.1 Å². The smallest absolute Gasteiger partial charge is 0.296 e. The van der Waals surface area contributed by atoms with E-state index in [1.807, 2.05) is 0 Å². The summed E-state index contributed by atoms with van der Waals surface area (Å²) < 4.78 is 14.0. The highest BCUT2D eigenvalue weighted by Crippen LogP contribution is 2.31. The second-order valence-corrected chi connectivity index (χ2v) is 4.40. The summed E-state index contributed by atoms with van der Waals surface area (Å²) in [5, 5.41) is 5.02. The molecule has 6 nitrogen and oxygen atoms in total. The van der Waals surface area contributed by atoms with Crippen LogP contribution in [0.1, 0.15) is 10.4 Å². The number of anilines is 2. The summed E-state index contributed by atoms with van der Waals surface area (Å²) in [4.78, 5) is 35.5. The van der Waals surface area contributed by atoms with Crippen LogP contribution >= 0.6 is 0 Å². The fourth-order valence-corrected chi connectivity index (χ4v) is 2.24. The van der Waals surface area contributed by atoms with Crippen molar-refractivity contribution in [2.24, 2.45) is 0 Å². The Bertz CT molecular complexity index is 614. The molecule has 1 fully saturated rings. The molecule has 0 aromatic heterocycles. The molecule has 0 unspecified atom stereocenters. The molecule has 1 aromatic rings. The van der Waals surface area contributed by atoms with Gasteiger partial charge in [0.2, 0.25) is 5.91 Å². The maximum absolute atomic E-state index is 14.0. The second-order valence-electron chi connectivity index (χ2n) is 4.40. The topological polar surface area (TPSA) is 78.5 Å². The summed E-state index contributed by atoms with van der Waals surface area (Å²) in [6.07, 6.45) is 0. The van der Waals surface area contributed by atoms with Gasteiger partial charge in [-0.05, 0) is 12.1 Å². The van der Waals surface area contributed by atoms with Crippen LogP contribution in [0.5, 0.6) is 0 Å². The fourth-order valence-electron chi connectivity index (χ4n) is 2.24. The largest absolute Gasteiger partial charge is 0.358 e. The molecule has 3 rings (SSSR count). The molecular weight excluding hydrogens is 253 g/mol. The highest BCUT2D eigenvalue weighted by Gasteiger charge is 2.31. The first-order chi connectivity index (χ1) is 9.06. The number of nitrogens with zero attached hydrogens (tertiary/aromatic N) is 1. The normalized spacial score (nSPS) is 18.2. The molecule has 1 aromatic carbocycles. The van der Waals surface area contributed by atoms with Gasteiger partial charge in [-0.1, -0.05) is 0 Å². The van der Waals surface area contributed by atoms with Gasteiger partial charge in [0.05, 0.1) is 23.5 Å². The number of benzene rings is 1. The molecule has 2 N–H and O–H groups in total. The number of carbonyl (C=O) groups excluding carboxylic acids is 3. The van der Waals surface area contributed by atoms with Gasteiger partial charge >= 0.3 is 0 Å². The highest BCUT2D eigenvalue weighted by molar-refractivity contribution is 6.51. The zero-order valence-electron chi connectivity index (χ0n) is 9.83. The van der Waals surface area contributed by atoms with Crippen molar-refractivity contribution in [3.05, 3.63) is 23.5 Å². The van der Waals surface area contributed by atoms with Crippen LogP contribution < -0.4 is 15.5 Å². The van der Waals surface area contributed by atoms with Crippen molar-refractivity contribution in [3.8, 4) is 0 Å². The second kappa shape index (κ2) is 4.04. The summed E-state index contributed by atoms with van der Waals surface area (Å²) in [5.41, 5.74) is 0.536. The number of hydrogen-bond donors (Lipinski definition) is 2. The maximum atomic E-state index is 14.0. The van der Waals surface area contributed by atoms with E-state index in [9.17, 15) is 18.8 Å². The summed E-state index contributed by atoms with van der Waals surface area (Å²) in [7, 11) is 0. The fraction of sp³-hybridized carbons (Fsp3) is 0.250. The summed E-state index contributed by atoms with van der Waals surface area (Å²) in [6.45, 7) is 0.960. The quantitative estimate of drug-likeness (QED) is 0.693. The third-order valence-electron chi connectivity index (χ3n) is 3.17. The van der Waals surface area contributed by atoms with Gasteiger partial charge in [-0.25, -0.2) is 4.39 Å². The van der Waals surface area contributed by atoms with Gasteiger partial charge in [0.15, 0.2) is 0 Å². The van der Waals surface area contributed by atoms with Crippen molar-refractivity contribution in [2.45, 2.75) is 0 Å². The molecule has 2 aliphatic heterocycles. The average molecular weight is 263 g/mol. The minimum absolute atomic E-state index is 0.0349. The molecule has 0 saturated carbocycles. The Morgan fingerprint density at radius 3 is 2.74 bits per heavy atom. The number of amides is 2. The Morgan fingerprint density at radius 2 is 2.00 bits per heavy atom. The van der Waals surface area contributed by atoms with Gasteiger partial charge in [0.25, 0.3) is 11.7 Å². The van der Waals surface area contributed by atoms with Crippen LogP contribution in [0, 0.1) is 5.82 Å². The molecule has 0 aliphatic carbocycles. The first-order valence-electron chi connectivity index (χ1n) is 5.77. The Balaban J connectivity index is 2.00. The third-order valence-corrected chi connectivity index (χ3v) is 3.17. The van der Waals surface area contributed by atoms with Gasteiger partial charge in [-0.3, -0.25) is 14.4 Å². The number of piperazine rings is 1. The van der Waals surface area contributed by atoms with E-state index >= 15 is 0 Å². The monoisotopic (exact) mass is 263 g/mol. The van der Waals surface area contributed by atoms with E-state index in [1.165, 1.54) is 6.07 Å². The number of nitrogens with one attached hydrogen (secondary N) is 2. The zero-order chi connectivity index (χ0) is 13.6. The molecule has 98 valence electrons. The molecule has 19 heavy (non-hydrogen) atoms. The van der Waals surface area contributed by atoms with Gasteiger partial charge in [-0.15, -0.1) is 0 Å². The van der Waals surface area contributed by atoms with E-state index < -0.39 is 17.5 Å². The van der Waals surface area contributed by atoms with Crippen LogP contribution in [-0.2, 0) is 9.59 Å². The van der Waals surface area contributed by atoms with E-state index in [1.54, 1.807) is 4.90 Å². The molecule has 2 heterocycles. The molecule has 0 radical (unpaired) electrons. The number of halogens is 1. The highest BCUT2D eigenvalue weighted by atomic mass is 19.1. The lowest BCUT2D eigenvalue weighted by atomic mass is 10.1. The first kappa shape index (κ1) is 11.6. The van der Waals surface area contributed by atoms with Crippen molar-refractivity contribution in [3.63, 3.8) is 0 Å². The number of ketones is 1. The van der Waals surface area contributed by atoms with Crippen molar-refractivity contribution >= 4 is 29.0 Å². The van der Waals surface area contributed by atoms with Crippen molar-refractivity contribution < 1.29 is 18.8 Å². The molecule has 2 amide bonds. The first-order valence-corrected chi connectivity index (χ1v) is 5.77. The van der Waals surface area contributed by atoms with Gasteiger partial charge in [0, 0.05) is 13.1 Å². The number of Topliss-reactive ketones (excluding diaryl/α,β-unsaturated/α-hetero) is 1. The zero-order valence-corrected chi connectivity index (χ0v) is 9.83. The Hall–Kier alpha value is -2.44. The molecular formula is C12H10FN3O3. The lowest BCUT2D eigenvalue weighted by Crippen LogP contribution is -2.48. The van der Waals surface area contributed by atoms with E-state index in [4.69, 9.17) is 0 Å². The Morgan fingerprint density at radius 1 is 1.21 bits per heavy atom. The van der Waals surface area contributed by atoms with Crippen LogP contribution in [0.3, 0.4) is 0 Å². The summed E-state index contributed by atoms with van der Waals surface area (Å²) in [5.74, 6) is -2.30. The minimum atomic E-state index is -0.761. The number of carbonyl (C=O) groups is 3. The van der Waals surface area contributed by atoms with Crippen LogP contribution in [0.2, 0.25) is 0 Å². The molecule has 0 spiro atoms. The van der Waals surface area contributed by atoms with E-state index in [2.05, 4.69) is 10.6 Å². The lowest BCUT2D eigenvalue weighted by molar-refractivity contribution is -0.120. The molecule has 2 aliphatic rings. The molecule has 1 saturated heterocycles. The van der Waals surface area contributed by atoms with E-state index in [0.717, 1.165) is 6.07 Å². The Labute approximate surface area is 107 Å². The molecule has 7 heteroatoms. The van der Waals surface area contributed by atoms with Crippen molar-refractivity contribution in [1.82, 2.24) is 5.32 Å². The molecule has 0 atom stereocenters.